The van der Waals surface area contributed by atoms with Crippen molar-refractivity contribution in [3.63, 3.8) is 0 Å². The van der Waals surface area contributed by atoms with Crippen molar-refractivity contribution in [2.75, 3.05) is 7.11 Å². The maximum absolute atomic E-state index is 11.8. The van der Waals surface area contributed by atoms with Gasteiger partial charge in [0.1, 0.15) is 12.0 Å². The van der Waals surface area contributed by atoms with Gasteiger partial charge >= 0.3 is 0 Å². The lowest BCUT2D eigenvalue weighted by Gasteiger charge is -2.10. The molecule has 0 aliphatic heterocycles. The van der Waals surface area contributed by atoms with Crippen LogP contribution in [0.25, 0.3) is 0 Å². The lowest BCUT2D eigenvalue weighted by Crippen LogP contribution is -2.33. The number of nitrogens with zero attached hydrogens (tertiary/aromatic N) is 1. The summed E-state index contributed by atoms with van der Waals surface area (Å²) in [6.45, 7) is 1.57. The van der Waals surface area contributed by atoms with Gasteiger partial charge < -0.3 is 14.8 Å². The highest BCUT2D eigenvalue weighted by Gasteiger charge is 2.14. The van der Waals surface area contributed by atoms with Crippen molar-refractivity contribution in [2.45, 2.75) is 13.0 Å². The predicted molar refractivity (Wildman–Crippen MR) is 60.7 cm³/mol. The quantitative estimate of drug-likeness (QED) is 0.781. The van der Waals surface area contributed by atoms with Gasteiger partial charge in [-0.1, -0.05) is 0 Å². The van der Waals surface area contributed by atoms with Crippen LogP contribution < -0.4 is 10.1 Å². The molecule has 0 saturated carbocycles. The van der Waals surface area contributed by atoms with E-state index in [1.165, 1.54) is 25.3 Å². The zero-order valence-corrected chi connectivity index (χ0v) is 9.56. The molecule has 88 valence electrons. The fraction of sp³-hybridized carbons (Fsp3) is 0.250. The molecule has 1 atom stereocenters. The maximum Gasteiger partial charge on any atom is 0.255 e. The van der Waals surface area contributed by atoms with Crippen molar-refractivity contribution in [1.82, 2.24) is 5.32 Å². The molecule has 0 aliphatic rings. The van der Waals surface area contributed by atoms with E-state index in [0.29, 0.717) is 23.2 Å². The Morgan fingerprint density at radius 1 is 1.59 bits per heavy atom. The second-order valence-corrected chi connectivity index (χ2v) is 3.43. The SMILES string of the molecule is COc1cc(C#N)ccc1C(=O)NC(C)C=O. The Kier molecular flexibility index (Phi) is 4.23. The van der Waals surface area contributed by atoms with Gasteiger partial charge in [-0.3, -0.25) is 4.79 Å². The summed E-state index contributed by atoms with van der Waals surface area (Å²) in [7, 11) is 1.41. The van der Waals surface area contributed by atoms with Crippen LogP contribution in [0.3, 0.4) is 0 Å². The molecular formula is C12H12N2O3. The molecule has 0 spiro atoms. The number of rotatable bonds is 4. The minimum Gasteiger partial charge on any atom is -0.496 e. The first-order valence-corrected chi connectivity index (χ1v) is 4.96. The summed E-state index contributed by atoms with van der Waals surface area (Å²) in [5.41, 5.74) is 0.696. The van der Waals surface area contributed by atoms with Gasteiger partial charge in [0.05, 0.1) is 30.3 Å². The Balaban J connectivity index is 3.01. The number of methoxy groups -OCH3 is 1. The molecule has 1 aromatic rings. The van der Waals surface area contributed by atoms with Gasteiger partial charge in [-0.05, 0) is 25.1 Å². The van der Waals surface area contributed by atoms with Gasteiger partial charge in [-0.15, -0.1) is 0 Å². The first-order chi connectivity index (χ1) is 8.12. The number of carbonyl (C=O) groups excluding carboxylic acids is 2. The van der Waals surface area contributed by atoms with E-state index in [4.69, 9.17) is 10.00 Å². The fourth-order valence-electron chi connectivity index (χ4n) is 1.27. The van der Waals surface area contributed by atoms with Crippen LogP contribution in [-0.4, -0.2) is 25.3 Å². The molecule has 1 unspecified atom stereocenters. The average molecular weight is 232 g/mol. The third-order valence-electron chi connectivity index (χ3n) is 2.14. The molecule has 1 amide bonds. The number of aldehydes is 1. The van der Waals surface area contributed by atoms with E-state index >= 15 is 0 Å². The smallest absolute Gasteiger partial charge is 0.255 e. The van der Waals surface area contributed by atoms with Crippen molar-refractivity contribution in [1.29, 1.82) is 5.26 Å². The van der Waals surface area contributed by atoms with E-state index < -0.39 is 11.9 Å². The van der Waals surface area contributed by atoms with Crippen LogP contribution in [-0.2, 0) is 4.79 Å². The van der Waals surface area contributed by atoms with E-state index in [1.807, 2.05) is 6.07 Å². The van der Waals surface area contributed by atoms with Crippen LogP contribution in [0.4, 0.5) is 0 Å². The third kappa shape index (κ3) is 3.05. The number of ether oxygens (including phenoxy) is 1. The van der Waals surface area contributed by atoms with E-state index in [9.17, 15) is 9.59 Å². The highest BCUT2D eigenvalue weighted by atomic mass is 16.5. The molecule has 1 aromatic carbocycles. The predicted octanol–water partition coefficient (Wildman–Crippen LogP) is 0.884. The van der Waals surface area contributed by atoms with Gasteiger partial charge in [0.25, 0.3) is 5.91 Å². The second-order valence-electron chi connectivity index (χ2n) is 3.43. The Hall–Kier alpha value is -2.35. The molecule has 1 rings (SSSR count). The largest absolute Gasteiger partial charge is 0.496 e. The van der Waals surface area contributed by atoms with Crippen molar-refractivity contribution in [3.8, 4) is 11.8 Å². The van der Waals surface area contributed by atoms with Gasteiger partial charge in [-0.25, -0.2) is 0 Å². The Labute approximate surface area is 99.0 Å². The average Bonchev–Trinajstić information content (AvgIpc) is 2.37. The van der Waals surface area contributed by atoms with Crippen molar-refractivity contribution in [2.24, 2.45) is 0 Å². The first-order valence-electron chi connectivity index (χ1n) is 4.96. The normalized spacial score (nSPS) is 11.1. The number of amides is 1. The summed E-state index contributed by atoms with van der Waals surface area (Å²) in [6, 6.07) is 5.86. The Morgan fingerprint density at radius 2 is 2.29 bits per heavy atom. The van der Waals surface area contributed by atoms with Gasteiger partial charge in [0, 0.05) is 0 Å². The minimum atomic E-state index is -0.567. The van der Waals surface area contributed by atoms with Crippen molar-refractivity contribution >= 4 is 12.2 Å². The number of benzene rings is 1. The van der Waals surface area contributed by atoms with Crippen molar-refractivity contribution in [3.05, 3.63) is 29.3 Å². The van der Waals surface area contributed by atoms with Crippen LogP contribution in [0, 0.1) is 11.3 Å². The molecule has 1 N–H and O–H groups in total. The molecule has 0 radical (unpaired) electrons. The van der Waals surface area contributed by atoms with Crippen molar-refractivity contribution < 1.29 is 14.3 Å². The summed E-state index contributed by atoms with van der Waals surface area (Å²) in [6.07, 6.45) is 0.633. The number of hydrogen-bond donors (Lipinski definition) is 1. The van der Waals surface area contributed by atoms with E-state index in [-0.39, 0.29) is 0 Å². The van der Waals surface area contributed by atoms with Gasteiger partial charge in [-0.2, -0.15) is 5.26 Å². The van der Waals surface area contributed by atoms with Gasteiger partial charge in [0.2, 0.25) is 0 Å². The summed E-state index contributed by atoms with van der Waals surface area (Å²) < 4.78 is 5.02. The number of nitrogens with one attached hydrogen (secondary N) is 1. The lowest BCUT2D eigenvalue weighted by molar-refractivity contribution is -0.109. The second kappa shape index (κ2) is 5.66. The van der Waals surface area contributed by atoms with E-state index in [0.717, 1.165) is 0 Å². The molecule has 0 aliphatic carbocycles. The van der Waals surface area contributed by atoms with Crippen LogP contribution in [0.15, 0.2) is 18.2 Å². The molecule has 0 heterocycles. The van der Waals surface area contributed by atoms with Crippen LogP contribution in [0.2, 0.25) is 0 Å². The van der Waals surface area contributed by atoms with E-state index in [2.05, 4.69) is 5.32 Å². The summed E-state index contributed by atoms with van der Waals surface area (Å²) in [4.78, 5) is 22.2. The maximum atomic E-state index is 11.8. The summed E-state index contributed by atoms with van der Waals surface area (Å²) in [5, 5.41) is 11.2. The lowest BCUT2D eigenvalue weighted by atomic mass is 10.1. The zero-order valence-electron chi connectivity index (χ0n) is 9.56. The molecule has 5 nitrogen and oxygen atoms in total. The number of nitriles is 1. The molecule has 0 fully saturated rings. The summed E-state index contributed by atoms with van der Waals surface area (Å²) in [5.74, 6) is -0.106. The molecule has 5 heteroatoms. The molecule has 0 bridgehead atoms. The van der Waals surface area contributed by atoms with Crippen LogP contribution in [0.1, 0.15) is 22.8 Å². The Morgan fingerprint density at radius 3 is 2.82 bits per heavy atom. The summed E-state index contributed by atoms with van der Waals surface area (Å²) >= 11 is 0. The standard InChI is InChI=1S/C12H12N2O3/c1-8(7-15)14-12(16)10-4-3-9(6-13)5-11(10)17-2/h3-5,7-8H,1-2H3,(H,14,16). The highest BCUT2D eigenvalue weighted by molar-refractivity contribution is 5.98. The monoisotopic (exact) mass is 232 g/mol. The third-order valence-corrected chi connectivity index (χ3v) is 2.14. The van der Waals surface area contributed by atoms with E-state index in [1.54, 1.807) is 6.92 Å². The molecular weight excluding hydrogens is 220 g/mol. The Bertz CT molecular complexity index is 477. The first kappa shape index (κ1) is 12.7. The molecule has 17 heavy (non-hydrogen) atoms. The highest BCUT2D eigenvalue weighted by Crippen LogP contribution is 2.19. The molecule has 0 aromatic heterocycles. The fourth-order valence-corrected chi connectivity index (χ4v) is 1.27. The molecule has 0 saturated heterocycles. The van der Waals surface area contributed by atoms with Crippen LogP contribution in [0.5, 0.6) is 5.75 Å². The zero-order chi connectivity index (χ0) is 12.8. The van der Waals surface area contributed by atoms with Gasteiger partial charge in [0.15, 0.2) is 0 Å². The van der Waals surface area contributed by atoms with Crippen LogP contribution >= 0.6 is 0 Å². The minimum absolute atomic E-state index is 0.292. The number of hydrogen-bond acceptors (Lipinski definition) is 4. The number of carbonyl (C=O) groups is 2. The topological polar surface area (TPSA) is 79.2 Å².